The molecule has 0 atom stereocenters. The minimum Gasteiger partial charge on any atom is -0.382 e. The van der Waals surface area contributed by atoms with E-state index in [4.69, 9.17) is 4.74 Å². The number of hydrogen-bond acceptors (Lipinski definition) is 5. The molecule has 0 unspecified atom stereocenters. The van der Waals surface area contributed by atoms with E-state index in [2.05, 4.69) is 32.9 Å². The van der Waals surface area contributed by atoms with E-state index in [1.54, 1.807) is 11.3 Å². The van der Waals surface area contributed by atoms with Crippen molar-refractivity contribution in [2.24, 2.45) is 4.99 Å². The molecule has 0 radical (unpaired) electrons. The van der Waals surface area contributed by atoms with Gasteiger partial charge in [-0.25, -0.2) is 9.98 Å². The second-order valence-electron chi connectivity index (χ2n) is 5.04. The zero-order valence-electron chi connectivity index (χ0n) is 14.2. The number of thiazole rings is 1. The van der Waals surface area contributed by atoms with E-state index in [1.807, 2.05) is 25.9 Å². The Balaban J connectivity index is 2.37. The van der Waals surface area contributed by atoms with E-state index in [-0.39, 0.29) is 0 Å². The Bertz CT molecular complexity index is 433. The predicted molar refractivity (Wildman–Crippen MR) is 95.0 cm³/mol. The van der Waals surface area contributed by atoms with Crippen molar-refractivity contribution in [2.45, 2.75) is 33.2 Å². The standard InChI is InChI=1S/C15H29N5OS/c1-5-16-14(17-9-7-8-10-21-6-2)18-11-13-12-22-15(19-13)20(3)4/h12H,5-11H2,1-4H3,(H2,16,17,18). The van der Waals surface area contributed by atoms with Crippen LogP contribution in [0.5, 0.6) is 0 Å². The summed E-state index contributed by atoms with van der Waals surface area (Å²) in [7, 11) is 4.00. The highest BCUT2D eigenvalue weighted by Crippen LogP contribution is 2.18. The highest BCUT2D eigenvalue weighted by atomic mass is 32.1. The lowest BCUT2D eigenvalue weighted by Gasteiger charge is -2.11. The van der Waals surface area contributed by atoms with Gasteiger partial charge in [0.1, 0.15) is 0 Å². The molecule has 0 saturated heterocycles. The minimum absolute atomic E-state index is 0.596. The Kier molecular flexibility index (Phi) is 9.57. The van der Waals surface area contributed by atoms with Crippen molar-refractivity contribution in [1.29, 1.82) is 0 Å². The molecule has 1 heterocycles. The first-order valence-corrected chi connectivity index (χ1v) is 8.77. The summed E-state index contributed by atoms with van der Waals surface area (Å²) in [6.07, 6.45) is 2.14. The molecule has 126 valence electrons. The Morgan fingerprint density at radius 1 is 1.32 bits per heavy atom. The Labute approximate surface area is 138 Å². The quantitative estimate of drug-likeness (QED) is 0.391. The van der Waals surface area contributed by atoms with Crippen LogP contribution in [0.4, 0.5) is 5.13 Å². The number of hydrogen-bond donors (Lipinski definition) is 2. The summed E-state index contributed by atoms with van der Waals surface area (Å²) in [4.78, 5) is 11.1. The Morgan fingerprint density at radius 2 is 2.14 bits per heavy atom. The molecular weight excluding hydrogens is 298 g/mol. The van der Waals surface area contributed by atoms with Crippen LogP contribution in [0, 0.1) is 0 Å². The van der Waals surface area contributed by atoms with Gasteiger partial charge in [-0.05, 0) is 26.7 Å². The normalized spacial score (nSPS) is 11.5. The molecule has 1 rings (SSSR count). The van der Waals surface area contributed by atoms with E-state index in [9.17, 15) is 0 Å². The molecule has 2 N–H and O–H groups in total. The third-order valence-electron chi connectivity index (χ3n) is 2.88. The third-order valence-corrected chi connectivity index (χ3v) is 3.93. The number of ether oxygens (including phenoxy) is 1. The summed E-state index contributed by atoms with van der Waals surface area (Å²) >= 11 is 1.64. The van der Waals surface area contributed by atoms with Gasteiger partial charge in [-0.1, -0.05) is 0 Å². The number of nitrogens with one attached hydrogen (secondary N) is 2. The largest absolute Gasteiger partial charge is 0.382 e. The Hall–Kier alpha value is -1.34. The third kappa shape index (κ3) is 7.61. The average molecular weight is 327 g/mol. The van der Waals surface area contributed by atoms with Crippen molar-refractivity contribution < 1.29 is 4.74 Å². The van der Waals surface area contributed by atoms with Crippen LogP contribution in [0.25, 0.3) is 0 Å². The van der Waals surface area contributed by atoms with Gasteiger partial charge in [0, 0.05) is 45.8 Å². The zero-order valence-corrected chi connectivity index (χ0v) is 15.0. The number of anilines is 1. The summed E-state index contributed by atoms with van der Waals surface area (Å²) < 4.78 is 5.33. The second kappa shape index (κ2) is 11.3. The topological polar surface area (TPSA) is 61.8 Å². The van der Waals surface area contributed by atoms with Crippen LogP contribution in [-0.4, -0.2) is 51.3 Å². The van der Waals surface area contributed by atoms with E-state index in [0.29, 0.717) is 6.54 Å². The highest BCUT2D eigenvalue weighted by molar-refractivity contribution is 7.13. The minimum atomic E-state index is 0.596. The maximum absolute atomic E-state index is 5.33. The first-order chi connectivity index (χ1) is 10.7. The number of unbranched alkanes of at least 4 members (excludes halogenated alkanes) is 1. The van der Waals surface area contributed by atoms with Crippen molar-refractivity contribution >= 4 is 22.4 Å². The van der Waals surface area contributed by atoms with Crippen LogP contribution < -0.4 is 15.5 Å². The fourth-order valence-electron chi connectivity index (χ4n) is 1.76. The number of aliphatic imine (C=N–C) groups is 1. The molecule has 0 bridgehead atoms. The van der Waals surface area contributed by atoms with E-state index < -0.39 is 0 Å². The number of nitrogens with zero attached hydrogens (tertiary/aromatic N) is 3. The van der Waals surface area contributed by atoms with Gasteiger partial charge in [0.2, 0.25) is 0 Å². The second-order valence-corrected chi connectivity index (χ2v) is 5.88. The lowest BCUT2D eigenvalue weighted by molar-refractivity contribution is 0.143. The zero-order chi connectivity index (χ0) is 16.2. The van der Waals surface area contributed by atoms with Gasteiger partial charge < -0.3 is 20.3 Å². The Morgan fingerprint density at radius 3 is 2.77 bits per heavy atom. The van der Waals surface area contributed by atoms with E-state index in [1.165, 1.54) is 0 Å². The highest BCUT2D eigenvalue weighted by Gasteiger charge is 2.03. The smallest absolute Gasteiger partial charge is 0.191 e. The van der Waals surface area contributed by atoms with Gasteiger partial charge in [-0.3, -0.25) is 0 Å². The molecule has 22 heavy (non-hydrogen) atoms. The summed E-state index contributed by atoms with van der Waals surface area (Å²) in [6, 6.07) is 0. The van der Waals surface area contributed by atoms with Gasteiger partial charge in [-0.2, -0.15) is 0 Å². The molecule has 0 spiro atoms. The molecule has 7 heteroatoms. The number of guanidine groups is 1. The van der Waals surface area contributed by atoms with Crippen LogP contribution >= 0.6 is 11.3 Å². The number of aromatic nitrogens is 1. The molecule has 0 aromatic carbocycles. The fourth-order valence-corrected chi connectivity index (χ4v) is 2.51. The van der Waals surface area contributed by atoms with Crippen LogP contribution in [-0.2, 0) is 11.3 Å². The SMILES string of the molecule is CCNC(=NCc1csc(N(C)C)n1)NCCCCOCC. The molecule has 0 aliphatic carbocycles. The summed E-state index contributed by atoms with van der Waals surface area (Å²) in [6.45, 7) is 8.06. The van der Waals surface area contributed by atoms with Gasteiger partial charge in [0.15, 0.2) is 11.1 Å². The molecule has 6 nitrogen and oxygen atoms in total. The first kappa shape index (κ1) is 18.7. The maximum Gasteiger partial charge on any atom is 0.191 e. The summed E-state index contributed by atoms with van der Waals surface area (Å²) in [5.74, 6) is 0.846. The van der Waals surface area contributed by atoms with Crippen molar-refractivity contribution in [3.05, 3.63) is 11.1 Å². The molecule has 1 aromatic heterocycles. The lowest BCUT2D eigenvalue weighted by atomic mass is 10.3. The fraction of sp³-hybridized carbons (Fsp3) is 0.733. The van der Waals surface area contributed by atoms with Gasteiger partial charge >= 0.3 is 0 Å². The van der Waals surface area contributed by atoms with E-state index >= 15 is 0 Å². The van der Waals surface area contributed by atoms with Gasteiger partial charge in [0.25, 0.3) is 0 Å². The molecule has 0 saturated carbocycles. The predicted octanol–water partition coefficient (Wildman–Crippen LogP) is 2.08. The van der Waals surface area contributed by atoms with Gasteiger partial charge in [0.05, 0.1) is 12.2 Å². The summed E-state index contributed by atoms with van der Waals surface area (Å²) in [5.41, 5.74) is 1.00. The van der Waals surface area contributed by atoms with Crippen LogP contribution in [0.15, 0.2) is 10.4 Å². The van der Waals surface area contributed by atoms with Crippen molar-refractivity contribution in [3.8, 4) is 0 Å². The summed E-state index contributed by atoms with van der Waals surface area (Å²) in [5, 5.41) is 9.68. The van der Waals surface area contributed by atoms with Crippen molar-refractivity contribution in [1.82, 2.24) is 15.6 Å². The lowest BCUT2D eigenvalue weighted by Crippen LogP contribution is -2.37. The van der Waals surface area contributed by atoms with Crippen LogP contribution in [0.1, 0.15) is 32.4 Å². The van der Waals surface area contributed by atoms with Gasteiger partial charge in [-0.15, -0.1) is 11.3 Å². The van der Waals surface area contributed by atoms with Crippen LogP contribution in [0.2, 0.25) is 0 Å². The monoisotopic (exact) mass is 327 g/mol. The van der Waals surface area contributed by atoms with Crippen molar-refractivity contribution in [2.75, 3.05) is 45.3 Å². The molecule has 0 aliphatic rings. The van der Waals surface area contributed by atoms with Crippen molar-refractivity contribution in [3.63, 3.8) is 0 Å². The van der Waals surface area contributed by atoms with E-state index in [0.717, 1.165) is 55.9 Å². The molecule has 0 aliphatic heterocycles. The molecule has 1 aromatic rings. The molecular formula is C15H29N5OS. The molecule has 0 fully saturated rings. The maximum atomic E-state index is 5.33. The van der Waals surface area contributed by atoms with Crippen LogP contribution in [0.3, 0.4) is 0 Å². The first-order valence-electron chi connectivity index (χ1n) is 7.89. The number of rotatable bonds is 10. The molecule has 0 amide bonds. The average Bonchev–Trinajstić information content (AvgIpc) is 2.97.